The molecule has 0 saturated heterocycles. The van der Waals surface area contributed by atoms with Crippen LogP contribution in [0.1, 0.15) is 96.8 Å². The van der Waals surface area contributed by atoms with Gasteiger partial charge >= 0.3 is 0 Å². The Bertz CT molecular complexity index is 337. The minimum absolute atomic E-state index is 1.00. The zero-order valence-electron chi connectivity index (χ0n) is 15.4. The Kier molecular flexibility index (Phi) is 13.8. The summed E-state index contributed by atoms with van der Waals surface area (Å²) in [7, 11) is 0. The first-order valence-electron chi connectivity index (χ1n) is 10.1. The fourth-order valence-electron chi connectivity index (χ4n) is 3.00. The highest BCUT2D eigenvalue weighted by Crippen LogP contribution is 2.13. The average Bonchev–Trinajstić information content (AvgIpc) is 2.59. The van der Waals surface area contributed by atoms with Crippen molar-refractivity contribution < 1.29 is 0 Å². The minimum Gasteiger partial charge on any atom is -0.370 e. The molecule has 2 heteroatoms. The molecule has 0 unspecified atom stereocenters. The summed E-state index contributed by atoms with van der Waals surface area (Å²) in [5.41, 5.74) is 0. The highest BCUT2D eigenvalue weighted by atomic mass is 15.0. The van der Waals surface area contributed by atoms with E-state index in [9.17, 15) is 0 Å². The van der Waals surface area contributed by atoms with Gasteiger partial charge in [-0.2, -0.15) is 0 Å². The zero-order chi connectivity index (χ0) is 16.4. The molecule has 0 saturated carbocycles. The molecule has 0 aliphatic heterocycles. The normalized spacial score (nSPS) is 10.8. The van der Waals surface area contributed by atoms with Gasteiger partial charge in [0, 0.05) is 12.7 Å². The summed E-state index contributed by atoms with van der Waals surface area (Å²) in [5.74, 6) is 1.00. The van der Waals surface area contributed by atoms with Crippen molar-refractivity contribution in [3.8, 4) is 0 Å². The lowest BCUT2D eigenvalue weighted by Gasteiger charge is -2.05. The maximum atomic E-state index is 4.27. The molecule has 132 valence electrons. The van der Waals surface area contributed by atoms with E-state index in [0.717, 1.165) is 12.4 Å². The fraction of sp³-hybridized carbons (Fsp3) is 0.762. The van der Waals surface area contributed by atoms with Gasteiger partial charge in [0.2, 0.25) is 0 Å². The first-order chi connectivity index (χ1) is 11.4. The van der Waals surface area contributed by atoms with Crippen molar-refractivity contribution in [3.63, 3.8) is 0 Å². The Balaban J connectivity index is 1.72. The third kappa shape index (κ3) is 13.1. The van der Waals surface area contributed by atoms with Crippen LogP contribution in [0.5, 0.6) is 0 Å². The Morgan fingerprint density at radius 1 is 0.696 bits per heavy atom. The van der Waals surface area contributed by atoms with E-state index in [1.807, 2.05) is 24.4 Å². The van der Waals surface area contributed by atoms with Gasteiger partial charge in [-0.3, -0.25) is 0 Å². The standard InChI is InChI=1S/C21H38N2/c1-2-3-4-5-6-7-8-9-10-11-12-13-14-16-19-22-21-18-15-17-20-23-21/h15,17-18,20H,2-14,16,19H2,1H3,(H,22,23). The van der Waals surface area contributed by atoms with E-state index in [1.54, 1.807) is 0 Å². The van der Waals surface area contributed by atoms with Gasteiger partial charge in [-0.25, -0.2) is 4.98 Å². The third-order valence-electron chi connectivity index (χ3n) is 4.50. The van der Waals surface area contributed by atoms with Crippen LogP contribution in [0.4, 0.5) is 5.82 Å². The summed E-state index contributed by atoms with van der Waals surface area (Å²) in [6, 6.07) is 6.02. The number of pyridine rings is 1. The van der Waals surface area contributed by atoms with E-state index in [1.165, 1.54) is 89.9 Å². The third-order valence-corrected chi connectivity index (χ3v) is 4.50. The Morgan fingerprint density at radius 2 is 1.22 bits per heavy atom. The van der Waals surface area contributed by atoms with Gasteiger partial charge in [-0.05, 0) is 18.6 Å². The van der Waals surface area contributed by atoms with Gasteiger partial charge in [-0.15, -0.1) is 0 Å². The molecule has 1 N–H and O–H groups in total. The van der Waals surface area contributed by atoms with Crippen LogP contribution in [0.15, 0.2) is 24.4 Å². The molecule has 0 radical (unpaired) electrons. The number of hydrogen-bond donors (Lipinski definition) is 1. The molecule has 0 aromatic carbocycles. The van der Waals surface area contributed by atoms with Gasteiger partial charge in [0.05, 0.1) is 0 Å². The summed E-state index contributed by atoms with van der Waals surface area (Å²) < 4.78 is 0. The van der Waals surface area contributed by atoms with Crippen LogP contribution in [0.2, 0.25) is 0 Å². The van der Waals surface area contributed by atoms with Gasteiger partial charge in [-0.1, -0.05) is 96.5 Å². The molecule has 0 spiro atoms. The lowest BCUT2D eigenvalue weighted by Crippen LogP contribution is -2.02. The van der Waals surface area contributed by atoms with E-state index >= 15 is 0 Å². The van der Waals surface area contributed by atoms with E-state index in [2.05, 4.69) is 17.2 Å². The second kappa shape index (κ2) is 15.8. The van der Waals surface area contributed by atoms with Crippen LogP contribution in [-0.2, 0) is 0 Å². The summed E-state index contributed by atoms with van der Waals surface area (Å²) >= 11 is 0. The number of rotatable bonds is 16. The number of unbranched alkanes of at least 4 members (excludes halogenated alkanes) is 13. The summed E-state index contributed by atoms with van der Waals surface area (Å²) in [4.78, 5) is 4.27. The van der Waals surface area contributed by atoms with Crippen molar-refractivity contribution in [1.29, 1.82) is 0 Å². The molecule has 0 fully saturated rings. The first kappa shape index (κ1) is 20.0. The summed E-state index contributed by atoms with van der Waals surface area (Å²) in [6.07, 6.45) is 21.7. The molecule has 0 amide bonds. The lowest BCUT2D eigenvalue weighted by atomic mass is 10.0. The number of hydrogen-bond acceptors (Lipinski definition) is 2. The fourth-order valence-corrected chi connectivity index (χ4v) is 3.00. The Hall–Kier alpha value is -1.05. The van der Waals surface area contributed by atoms with Crippen molar-refractivity contribution in [1.82, 2.24) is 4.98 Å². The predicted octanol–water partition coefficient (Wildman–Crippen LogP) is 6.97. The number of anilines is 1. The van der Waals surface area contributed by atoms with Gasteiger partial charge < -0.3 is 5.32 Å². The van der Waals surface area contributed by atoms with E-state index in [0.29, 0.717) is 0 Å². The smallest absolute Gasteiger partial charge is 0.125 e. The van der Waals surface area contributed by atoms with Gasteiger partial charge in [0.1, 0.15) is 5.82 Å². The zero-order valence-corrected chi connectivity index (χ0v) is 15.4. The first-order valence-corrected chi connectivity index (χ1v) is 10.1. The molecule has 2 nitrogen and oxygen atoms in total. The number of nitrogens with zero attached hydrogens (tertiary/aromatic N) is 1. The van der Waals surface area contributed by atoms with Crippen molar-refractivity contribution >= 4 is 5.82 Å². The van der Waals surface area contributed by atoms with Crippen LogP contribution in [0.3, 0.4) is 0 Å². The highest BCUT2D eigenvalue weighted by Gasteiger charge is 1.95. The van der Waals surface area contributed by atoms with Crippen molar-refractivity contribution in [2.45, 2.75) is 96.8 Å². The second-order valence-corrected chi connectivity index (χ2v) is 6.74. The van der Waals surface area contributed by atoms with Crippen LogP contribution in [-0.4, -0.2) is 11.5 Å². The SMILES string of the molecule is CCCCCCCCCCCCCCCCNc1ccccn1. The molecule has 1 aromatic heterocycles. The molecule has 0 bridgehead atoms. The van der Waals surface area contributed by atoms with Gasteiger partial charge in [0.25, 0.3) is 0 Å². The molecule has 0 aliphatic carbocycles. The van der Waals surface area contributed by atoms with Crippen LogP contribution in [0.25, 0.3) is 0 Å². The number of nitrogens with one attached hydrogen (secondary N) is 1. The van der Waals surface area contributed by atoms with Crippen LogP contribution >= 0.6 is 0 Å². The molecule has 1 aromatic rings. The molecular formula is C21H38N2. The van der Waals surface area contributed by atoms with Crippen molar-refractivity contribution in [2.75, 3.05) is 11.9 Å². The van der Waals surface area contributed by atoms with Crippen molar-refractivity contribution in [3.05, 3.63) is 24.4 Å². The second-order valence-electron chi connectivity index (χ2n) is 6.74. The van der Waals surface area contributed by atoms with E-state index < -0.39 is 0 Å². The Labute approximate surface area is 144 Å². The molecule has 0 atom stereocenters. The molecule has 0 aliphatic rings. The summed E-state index contributed by atoms with van der Waals surface area (Å²) in [5, 5.41) is 3.38. The molecule has 1 heterocycles. The molecular weight excluding hydrogens is 280 g/mol. The van der Waals surface area contributed by atoms with Crippen LogP contribution < -0.4 is 5.32 Å². The molecule has 23 heavy (non-hydrogen) atoms. The Morgan fingerprint density at radius 3 is 1.70 bits per heavy atom. The van der Waals surface area contributed by atoms with Crippen molar-refractivity contribution in [2.24, 2.45) is 0 Å². The number of aromatic nitrogens is 1. The maximum absolute atomic E-state index is 4.27. The average molecular weight is 319 g/mol. The highest BCUT2D eigenvalue weighted by molar-refractivity contribution is 5.32. The largest absolute Gasteiger partial charge is 0.370 e. The maximum Gasteiger partial charge on any atom is 0.125 e. The summed E-state index contributed by atoms with van der Waals surface area (Å²) in [6.45, 7) is 3.34. The van der Waals surface area contributed by atoms with Gasteiger partial charge in [0.15, 0.2) is 0 Å². The minimum atomic E-state index is 1.00. The predicted molar refractivity (Wildman–Crippen MR) is 103 cm³/mol. The lowest BCUT2D eigenvalue weighted by molar-refractivity contribution is 0.537. The van der Waals surface area contributed by atoms with E-state index in [-0.39, 0.29) is 0 Å². The van der Waals surface area contributed by atoms with E-state index in [4.69, 9.17) is 0 Å². The monoisotopic (exact) mass is 318 g/mol. The molecule has 1 rings (SSSR count). The van der Waals surface area contributed by atoms with Crippen LogP contribution in [0, 0.1) is 0 Å². The topological polar surface area (TPSA) is 24.9 Å². The quantitative estimate of drug-likeness (QED) is 0.333.